The van der Waals surface area contributed by atoms with Crippen molar-refractivity contribution in [1.82, 2.24) is 19.6 Å². The van der Waals surface area contributed by atoms with Crippen LogP contribution in [0.2, 0.25) is 0 Å². The van der Waals surface area contributed by atoms with Crippen LogP contribution in [-0.2, 0) is 10.0 Å². The second-order valence-corrected chi connectivity index (χ2v) is 7.66. The lowest BCUT2D eigenvalue weighted by Gasteiger charge is -2.36. The van der Waals surface area contributed by atoms with Crippen LogP contribution in [-0.4, -0.2) is 67.2 Å². The van der Waals surface area contributed by atoms with E-state index in [9.17, 15) is 8.42 Å². The van der Waals surface area contributed by atoms with Crippen molar-refractivity contribution in [1.29, 1.82) is 0 Å². The van der Waals surface area contributed by atoms with Crippen LogP contribution in [0, 0.1) is 0 Å². The second-order valence-electron chi connectivity index (χ2n) is 5.45. The zero-order valence-electron chi connectivity index (χ0n) is 12.0. The molecule has 1 N–H and O–H groups in total. The first-order chi connectivity index (χ1) is 10.2. The summed E-state index contributed by atoms with van der Waals surface area (Å²) in [7, 11) is -3.19. The van der Waals surface area contributed by atoms with Crippen molar-refractivity contribution in [2.75, 3.05) is 44.2 Å². The summed E-state index contributed by atoms with van der Waals surface area (Å²) in [5, 5.41) is 2.91. The van der Waals surface area contributed by atoms with Crippen molar-refractivity contribution in [2.45, 2.75) is 18.1 Å². The van der Waals surface area contributed by atoms with E-state index in [1.54, 1.807) is 22.8 Å². The molecule has 0 aliphatic carbocycles. The molecule has 2 aliphatic heterocycles. The Bertz CT molecular complexity index is 551. The molecule has 1 atom stereocenters. The van der Waals surface area contributed by atoms with Crippen molar-refractivity contribution >= 4 is 16.0 Å². The lowest BCUT2D eigenvalue weighted by Crippen LogP contribution is -2.53. The van der Waals surface area contributed by atoms with E-state index in [-0.39, 0.29) is 5.25 Å². The molecule has 3 heterocycles. The van der Waals surface area contributed by atoms with Gasteiger partial charge in [0.15, 0.2) is 0 Å². The van der Waals surface area contributed by atoms with E-state index in [4.69, 9.17) is 0 Å². The van der Waals surface area contributed by atoms with Gasteiger partial charge in [0.25, 0.3) is 0 Å². The van der Waals surface area contributed by atoms with Crippen molar-refractivity contribution in [2.24, 2.45) is 0 Å². The predicted octanol–water partition coefficient (Wildman–Crippen LogP) is -0.320. The number of hydrogen-bond acceptors (Lipinski definition) is 6. The smallest absolute Gasteiger partial charge is 0.225 e. The van der Waals surface area contributed by atoms with Crippen LogP contribution in [0.5, 0.6) is 0 Å². The van der Waals surface area contributed by atoms with Gasteiger partial charge in [-0.25, -0.2) is 18.4 Å². The normalized spacial score (nSPS) is 25.0. The van der Waals surface area contributed by atoms with Crippen LogP contribution in [0.3, 0.4) is 0 Å². The summed E-state index contributed by atoms with van der Waals surface area (Å²) >= 11 is 0. The molecule has 2 aliphatic rings. The molecule has 3 rings (SSSR count). The van der Waals surface area contributed by atoms with E-state index in [1.807, 2.05) is 4.90 Å². The highest BCUT2D eigenvalue weighted by Crippen LogP contribution is 2.19. The summed E-state index contributed by atoms with van der Waals surface area (Å²) in [6.45, 7) is 3.80. The first-order valence-corrected chi connectivity index (χ1v) is 8.90. The number of rotatable bonds is 3. The largest absolute Gasteiger partial charge is 0.338 e. The fourth-order valence-electron chi connectivity index (χ4n) is 2.88. The van der Waals surface area contributed by atoms with Crippen LogP contribution in [0.25, 0.3) is 0 Å². The average Bonchev–Trinajstić information content (AvgIpc) is 2.57. The average molecular weight is 311 g/mol. The van der Waals surface area contributed by atoms with E-state index >= 15 is 0 Å². The van der Waals surface area contributed by atoms with Crippen LogP contribution in [0.15, 0.2) is 18.5 Å². The van der Waals surface area contributed by atoms with E-state index in [0.717, 1.165) is 19.4 Å². The van der Waals surface area contributed by atoms with Gasteiger partial charge in [0.1, 0.15) is 0 Å². The summed E-state index contributed by atoms with van der Waals surface area (Å²) in [5.74, 6) is 0.675. The minimum Gasteiger partial charge on any atom is -0.338 e. The van der Waals surface area contributed by atoms with Gasteiger partial charge in [0.2, 0.25) is 16.0 Å². The summed E-state index contributed by atoms with van der Waals surface area (Å²) in [5.41, 5.74) is 0. The van der Waals surface area contributed by atoms with E-state index in [2.05, 4.69) is 15.3 Å². The van der Waals surface area contributed by atoms with Gasteiger partial charge in [-0.05, 0) is 25.5 Å². The van der Waals surface area contributed by atoms with E-state index < -0.39 is 10.0 Å². The van der Waals surface area contributed by atoms with Gasteiger partial charge in [-0.15, -0.1) is 0 Å². The molecule has 0 radical (unpaired) electrons. The third-order valence-corrected chi connectivity index (χ3v) is 6.44. The third-order valence-electron chi connectivity index (χ3n) is 4.11. The highest BCUT2D eigenvalue weighted by Gasteiger charge is 2.35. The Kier molecular flexibility index (Phi) is 4.37. The quantitative estimate of drug-likeness (QED) is 0.824. The van der Waals surface area contributed by atoms with Crippen molar-refractivity contribution in [3.05, 3.63) is 18.5 Å². The Balaban J connectivity index is 1.62. The van der Waals surface area contributed by atoms with Gasteiger partial charge >= 0.3 is 0 Å². The Labute approximate surface area is 125 Å². The van der Waals surface area contributed by atoms with Gasteiger partial charge in [0.05, 0.1) is 5.25 Å². The van der Waals surface area contributed by atoms with Crippen LogP contribution in [0.4, 0.5) is 5.95 Å². The van der Waals surface area contributed by atoms with Gasteiger partial charge in [-0.1, -0.05) is 0 Å². The minimum atomic E-state index is -3.19. The fourth-order valence-corrected chi connectivity index (χ4v) is 4.77. The van der Waals surface area contributed by atoms with E-state index in [0.29, 0.717) is 38.7 Å². The number of piperidine rings is 1. The molecule has 0 bridgehead atoms. The van der Waals surface area contributed by atoms with Crippen molar-refractivity contribution in [3.8, 4) is 0 Å². The predicted molar refractivity (Wildman–Crippen MR) is 80.6 cm³/mol. The number of sulfonamides is 1. The zero-order valence-corrected chi connectivity index (χ0v) is 12.8. The SMILES string of the molecule is O=S(=O)(C1CCCNC1)N1CCN(c2ncccn2)CC1. The number of aromatic nitrogens is 2. The molecule has 8 heteroatoms. The topological polar surface area (TPSA) is 78.4 Å². The molecule has 1 unspecified atom stereocenters. The third kappa shape index (κ3) is 3.17. The van der Waals surface area contributed by atoms with Gasteiger partial charge in [0, 0.05) is 45.1 Å². The monoisotopic (exact) mass is 311 g/mol. The molecule has 21 heavy (non-hydrogen) atoms. The summed E-state index contributed by atoms with van der Waals surface area (Å²) in [6, 6.07) is 1.78. The number of piperazine rings is 1. The maximum absolute atomic E-state index is 12.6. The van der Waals surface area contributed by atoms with Crippen molar-refractivity contribution < 1.29 is 8.42 Å². The molecule has 0 aromatic carbocycles. The van der Waals surface area contributed by atoms with Crippen LogP contribution < -0.4 is 10.2 Å². The van der Waals surface area contributed by atoms with Gasteiger partial charge in [-0.3, -0.25) is 0 Å². The van der Waals surface area contributed by atoms with Gasteiger partial charge < -0.3 is 10.2 Å². The Hall–Kier alpha value is -1.25. The van der Waals surface area contributed by atoms with E-state index in [1.165, 1.54) is 0 Å². The zero-order chi connectivity index (χ0) is 14.7. The molecule has 116 valence electrons. The molecule has 0 spiro atoms. The Morgan fingerprint density at radius 2 is 1.86 bits per heavy atom. The second kappa shape index (κ2) is 6.25. The first kappa shape index (κ1) is 14.7. The summed E-state index contributed by atoms with van der Waals surface area (Å²) < 4.78 is 26.9. The molecular weight excluding hydrogens is 290 g/mol. The van der Waals surface area contributed by atoms with Crippen LogP contribution in [0.1, 0.15) is 12.8 Å². The lowest BCUT2D eigenvalue weighted by atomic mass is 10.2. The maximum Gasteiger partial charge on any atom is 0.225 e. The Morgan fingerprint density at radius 3 is 2.48 bits per heavy atom. The Morgan fingerprint density at radius 1 is 1.14 bits per heavy atom. The molecule has 2 fully saturated rings. The lowest BCUT2D eigenvalue weighted by molar-refractivity contribution is 0.368. The molecule has 1 aromatic rings. The minimum absolute atomic E-state index is 0.272. The highest BCUT2D eigenvalue weighted by molar-refractivity contribution is 7.89. The molecule has 0 saturated carbocycles. The maximum atomic E-state index is 12.6. The highest BCUT2D eigenvalue weighted by atomic mass is 32.2. The summed E-state index contributed by atoms with van der Waals surface area (Å²) in [6.07, 6.45) is 5.11. The number of nitrogens with one attached hydrogen (secondary N) is 1. The van der Waals surface area contributed by atoms with Crippen LogP contribution >= 0.6 is 0 Å². The fraction of sp³-hybridized carbons (Fsp3) is 0.692. The molecule has 0 amide bonds. The molecule has 1 aromatic heterocycles. The number of nitrogens with zero attached hydrogens (tertiary/aromatic N) is 4. The van der Waals surface area contributed by atoms with Crippen molar-refractivity contribution in [3.63, 3.8) is 0 Å². The van der Waals surface area contributed by atoms with Gasteiger partial charge in [-0.2, -0.15) is 4.31 Å². The first-order valence-electron chi connectivity index (χ1n) is 7.39. The molecular formula is C13H21N5O2S. The standard InChI is InChI=1S/C13H21N5O2S/c19-21(20,12-3-1-4-14-11-12)18-9-7-17(8-10-18)13-15-5-2-6-16-13/h2,5-6,12,14H,1,3-4,7-11H2. The summed E-state index contributed by atoms with van der Waals surface area (Å²) in [4.78, 5) is 10.5. The number of hydrogen-bond donors (Lipinski definition) is 1. The number of anilines is 1. The molecule has 7 nitrogen and oxygen atoms in total. The molecule has 2 saturated heterocycles.